The van der Waals surface area contributed by atoms with Crippen LogP contribution in [-0.4, -0.2) is 0 Å². The van der Waals surface area contributed by atoms with Gasteiger partial charge in [-0.2, -0.15) is 0 Å². The van der Waals surface area contributed by atoms with E-state index in [2.05, 4.69) is 62.4 Å². The zero-order valence-corrected chi connectivity index (χ0v) is 12.9. The molecule has 1 aromatic heterocycles. The van der Waals surface area contributed by atoms with Gasteiger partial charge in [-0.1, -0.05) is 60.2 Å². The van der Waals surface area contributed by atoms with E-state index >= 15 is 0 Å². The first kappa shape index (κ1) is 13.1. The highest BCUT2D eigenvalue weighted by atomic mass is 16.3. The summed E-state index contributed by atoms with van der Waals surface area (Å²) in [6.07, 6.45) is 9.62. The third kappa shape index (κ3) is 1.93. The van der Waals surface area contributed by atoms with E-state index in [1.807, 2.05) is 12.1 Å². The molecular formula is C21H18O. The van der Waals surface area contributed by atoms with E-state index in [0.717, 1.165) is 17.6 Å². The Balaban J connectivity index is 2.11. The second-order valence-corrected chi connectivity index (χ2v) is 5.92. The molecule has 1 aliphatic carbocycles. The Hall–Kier alpha value is -2.54. The van der Waals surface area contributed by atoms with Gasteiger partial charge in [0.25, 0.3) is 0 Å². The van der Waals surface area contributed by atoms with E-state index in [9.17, 15) is 0 Å². The number of furan rings is 1. The van der Waals surface area contributed by atoms with E-state index in [1.54, 1.807) is 0 Å². The predicted molar refractivity (Wildman–Crippen MR) is 93.9 cm³/mol. The van der Waals surface area contributed by atoms with Crippen molar-refractivity contribution in [2.75, 3.05) is 0 Å². The maximum absolute atomic E-state index is 6.22. The van der Waals surface area contributed by atoms with Crippen LogP contribution in [0.3, 0.4) is 0 Å². The summed E-state index contributed by atoms with van der Waals surface area (Å²) in [6, 6.07) is 12.6. The summed E-state index contributed by atoms with van der Waals surface area (Å²) in [5.74, 6) is 0. The average molecular weight is 286 g/mol. The highest BCUT2D eigenvalue weighted by Gasteiger charge is 2.16. The third-order valence-electron chi connectivity index (χ3n) is 4.42. The quantitative estimate of drug-likeness (QED) is 0.520. The highest BCUT2D eigenvalue weighted by molar-refractivity contribution is 6.09. The van der Waals surface area contributed by atoms with E-state index < -0.39 is 0 Å². The van der Waals surface area contributed by atoms with Gasteiger partial charge in [-0.3, -0.25) is 0 Å². The molecule has 4 rings (SSSR count). The summed E-state index contributed by atoms with van der Waals surface area (Å²) < 4.78 is 6.22. The van der Waals surface area contributed by atoms with Gasteiger partial charge in [0.15, 0.2) is 0 Å². The Morgan fingerprint density at radius 2 is 1.77 bits per heavy atom. The van der Waals surface area contributed by atoms with E-state index in [4.69, 9.17) is 4.42 Å². The third-order valence-corrected chi connectivity index (χ3v) is 4.42. The van der Waals surface area contributed by atoms with Crippen molar-refractivity contribution in [3.05, 3.63) is 77.4 Å². The molecular weight excluding hydrogens is 268 g/mol. The molecule has 1 aliphatic rings. The minimum atomic E-state index is 0.957. The van der Waals surface area contributed by atoms with Crippen molar-refractivity contribution >= 4 is 27.5 Å². The molecule has 3 aromatic rings. The van der Waals surface area contributed by atoms with Crippen molar-refractivity contribution in [3.63, 3.8) is 0 Å². The lowest BCUT2D eigenvalue weighted by atomic mass is 9.93. The first-order chi connectivity index (χ1) is 10.8. The smallest absolute Gasteiger partial charge is 0.143 e. The summed E-state index contributed by atoms with van der Waals surface area (Å²) in [4.78, 5) is 0. The van der Waals surface area contributed by atoms with Gasteiger partial charge < -0.3 is 4.42 Å². The van der Waals surface area contributed by atoms with E-state index in [-0.39, 0.29) is 0 Å². The lowest BCUT2D eigenvalue weighted by Crippen LogP contribution is -1.91. The van der Waals surface area contributed by atoms with Crippen molar-refractivity contribution in [2.24, 2.45) is 0 Å². The standard InChI is InChI=1S/C21H18O/c1-14-8-4-3-5-9-16(14)20-15(2)12-13-18-17-10-6-7-11-19(17)22-21(18)20/h3-7,9-13H,8H2,1-2H3. The van der Waals surface area contributed by atoms with Gasteiger partial charge in [0.2, 0.25) is 0 Å². The predicted octanol–water partition coefficient (Wildman–Crippen LogP) is 6.18. The lowest BCUT2D eigenvalue weighted by molar-refractivity contribution is 0.667. The van der Waals surface area contributed by atoms with Crippen LogP contribution in [0, 0.1) is 6.92 Å². The molecule has 1 nitrogen and oxygen atoms in total. The Morgan fingerprint density at radius 1 is 0.909 bits per heavy atom. The van der Waals surface area contributed by atoms with Crippen LogP contribution in [0.1, 0.15) is 24.5 Å². The fourth-order valence-electron chi connectivity index (χ4n) is 3.25. The molecule has 108 valence electrons. The van der Waals surface area contributed by atoms with Crippen molar-refractivity contribution in [1.29, 1.82) is 0 Å². The number of hydrogen-bond acceptors (Lipinski definition) is 1. The van der Waals surface area contributed by atoms with Crippen LogP contribution in [0.2, 0.25) is 0 Å². The largest absolute Gasteiger partial charge is 0.455 e. The first-order valence-corrected chi connectivity index (χ1v) is 7.70. The topological polar surface area (TPSA) is 13.1 Å². The Morgan fingerprint density at radius 3 is 2.68 bits per heavy atom. The molecule has 0 N–H and O–H groups in total. The summed E-state index contributed by atoms with van der Waals surface area (Å²) in [6.45, 7) is 4.37. The maximum Gasteiger partial charge on any atom is 0.143 e. The lowest BCUT2D eigenvalue weighted by Gasteiger charge is -2.11. The number of hydrogen-bond donors (Lipinski definition) is 0. The van der Waals surface area contributed by atoms with Crippen LogP contribution in [0.5, 0.6) is 0 Å². The van der Waals surface area contributed by atoms with Crippen molar-refractivity contribution < 1.29 is 4.42 Å². The molecule has 0 amide bonds. The molecule has 0 saturated carbocycles. The second kappa shape index (κ2) is 5.03. The molecule has 0 radical (unpaired) electrons. The van der Waals surface area contributed by atoms with Crippen molar-refractivity contribution in [3.8, 4) is 0 Å². The van der Waals surface area contributed by atoms with E-state index in [1.165, 1.54) is 33.0 Å². The Bertz CT molecular complexity index is 964. The van der Waals surface area contributed by atoms with Gasteiger partial charge in [-0.05, 0) is 37.5 Å². The van der Waals surface area contributed by atoms with Gasteiger partial charge in [0.1, 0.15) is 11.2 Å². The number of allylic oxidation sites excluding steroid dienone is 6. The van der Waals surface area contributed by atoms with Crippen LogP contribution in [-0.2, 0) is 0 Å². The van der Waals surface area contributed by atoms with Crippen LogP contribution in [0.25, 0.3) is 27.5 Å². The van der Waals surface area contributed by atoms with Gasteiger partial charge in [-0.15, -0.1) is 0 Å². The minimum Gasteiger partial charge on any atom is -0.455 e. The summed E-state index contributed by atoms with van der Waals surface area (Å²) in [5.41, 5.74) is 7.10. The summed E-state index contributed by atoms with van der Waals surface area (Å²) >= 11 is 0. The second-order valence-electron chi connectivity index (χ2n) is 5.92. The zero-order chi connectivity index (χ0) is 15.1. The maximum atomic E-state index is 6.22. The van der Waals surface area contributed by atoms with Gasteiger partial charge in [0.05, 0.1) is 0 Å². The van der Waals surface area contributed by atoms with Crippen molar-refractivity contribution in [2.45, 2.75) is 20.3 Å². The highest BCUT2D eigenvalue weighted by Crippen LogP contribution is 2.37. The number of para-hydroxylation sites is 1. The fourth-order valence-corrected chi connectivity index (χ4v) is 3.25. The normalized spacial score (nSPS) is 15.0. The monoisotopic (exact) mass is 286 g/mol. The molecule has 0 atom stereocenters. The van der Waals surface area contributed by atoms with Crippen LogP contribution in [0.15, 0.2) is 70.7 Å². The molecule has 0 unspecified atom stereocenters. The van der Waals surface area contributed by atoms with Crippen LogP contribution >= 0.6 is 0 Å². The van der Waals surface area contributed by atoms with Gasteiger partial charge in [0, 0.05) is 16.3 Å². The van der Waals surface area contributed by atoms with Gasteiger partial charge >= 0.3 is 0 Å². The van der Waals surface area contributed by atoms with Crippen LogP contribution < -0.4 is 0 Å². The Labute approximate surface area is 130 Å². The SMILES string of the molecule is CC1=C(c2c(C)ccc3c2oc2ccccc23)C=CC=CC1. The van der Waals surface area contributed by atoms with Gasteiger partial charge in [-0.25, -0.2) is 0 Å². The molecule has 0 spiro atoms. The zero-order valence-electron chi connectivity index (χ0n) is 12.9. The molecule has 0 saturated heterocycles. The Kier molecular flexibility index (Phi) is 3.00. The number of benzene rings is 2. The number of aryl methyl sites for hydroxylation is 1. The average Bonchev–Trinajstić information content (AvgIpc) is 2.77. The number of rotatable bonds is 1. The molecule has 1 heteroatoms. The fraction of sp³-hybridized carbons (Fsp3) is 0.143. The van der Waals surface area contributed by atoms with Crippen molar-refractivity contribution in [1.82, 2.24) is 0 Å². The molecule has 0 bridgehead atoms. The summed E-state index contributed by atoms with van der Waals surface area (Å²) in [5, 5.41) is 2.38. The minimum absolute atomic E-state index is 0.957. The number of fused-ring (bicyclic) bond motifs is 3. The first-order valence-electron chi connectivity index (χ1n) is 7.70. The molecule has 2 aromatic carbocycles. The van der Waals surface area contributed by atoms with E-state index in [0.29, 0.717) is 0 Å². The molecule has 22 heavy (non-hydrogen) atoms. The summed E-state index contributed by atoms with van der Waals surface area (Å²) in [7, 11) is 0. The molecule has 0 aliphatic heterocycles. The molecule has 0 fully saturated rings. The molecule has 1 heterocycles. The van der Waals surface area contributed by atoms with Crippen LogP contribution in [0.4, 0.5) is 0 Å².